The number of unbranched alkanes of at least 4 members (excludes halogenated alkanes) is 24. The fourth-order valence-corrected chi connectivity index (χ4v) is 7.01. The van der Waals surface area contributed by atoms with Crippen molar-refractivity contribution in [3.63, 3.8) is 0 Å². The maximum Gasteiger partial charge on any atom is 0.220 e. The van der Waals surface area contributed by atoms with Gasteiger partial charge in [-0.25, -0.2) is 0 Å². The van der Waals surface area contributed by atoms with Crippen molar-refractivity contribution < 1.29 is 44.9 Å². The number of carbonyl (C=O) groups is 1. The number of ether oxygens (including phenoxy) is 2. The summed E-state index contributed by atoms with van der Waals surface area (Å²) in [5, 5.41) is 63.9. The van der Waals surface area contributed by atoms with Gasteiger partial charge in [-0.05, 0) is 12.8 Å². The van der Waals surface area contributed by atoms with E-state index in [0.29, 0.717) is 12.8 Å². The molecule has 1 saturated heterocycles. The van der Waals surface area contributed by atoms with Crippen molar-refractivity contribution in [2.45, 2.75) is 243 Å². The van der Waals surface area contributed by atoms with Crippen molar-refractivity contribution in [2.24, 2.45) is 0 Å². The maximum absolute atomic E-state index is 12.8. The zero-order valence-corrected chi connectivity index (χ0v) is 32.7. The Kier molecular flexibility index (Phi) is 30.8. The number of hydrogen-bond acceptors (Lipinski definition) is 9. The zero-order chi connectivity index (χ0) is 37.5. The van der Waals surface area contributed by atoms with Gasteiger partial charge in [-0.2, -0.15) is 0 Å². The summed E-state index contributed by atoms with van der Waals surface area (Å²) in [5.41, 5.74) is 0. The number of nitrogens with one attached hydrogen (secondary N) is 1. The molecule has 1 aliphatic heterocycles. The molecule has 0 aromatic rings. The van der Waals surface area contributed by atoms with E-state index < -0.39 is 55.6 Å². The topological polar surface area (TPSA) is 169 Å². The van der Waals surface area contributed by atoms with Crippen LogP contribution in [-0.2, 0) is 14.3 Å². The summed E-state index contributed by atoms with van der Waals surface area (Å²) in [4.78, 5) is 12.8. The number of aliphatic hydroxyl groups is 6. The van der Waals surface area contributed by atoms with Gasteiger partial charge < -0.3 is 45.4 Å². The van der Waals surface area contributed by atoms with Crippen LogP contribution in [0.4, 0.5) is 0 Å². The van der Waals surface area contributed by atoms with Gasteiger partial charge in [0.2, 0.25) is 5.91 Å². The molecule has 10 heteroatoms. The Morgan fingerprint density at radius 3 is 1.43 bits per heavy atom. The minimum absolute atomic E-state index is 0.266. The van der Waals surface area contributed by atoms with Crippen LogP contribution < -0.4 is 5.32 Å². The van der Waals surface area contributed by atoms with Crippen molar-refractivity contribution in [2.75, 3.05) is 13.2 Å². The molecule has 51 heavy (non-hydrogen) atoms. The first kappa shape index (κ1) is 48.2. The van der Waals surface area contributed by atoms with Crippen LogP contribution in [0.3, 0.4) is 0 Å². The Bertz CT molecular complexity index is 788. The molecule has 0 saturated carbocycles. The molecule has 8 atom stereocenters. The first-order valence-electron chi connectivity index (χ1n) is 21.3. The van der Waals surface area contributed by atoms with E-state index in [-0.39, 0.29) is 18.9 Å². The van der Waals surface area contributed by atoms with E-state index >= 15 is 0 Å². The van der Waals surface area contributed by atoms with E-state index in [0.717, 1.165) is 25.7 Å². The number of carbonyl (C=O) groups excluding carboxylic acids is 1. The third-order valence-electron chi connectivity index (χ3n) is 10.6. The summed E-state index contributed by atoms with van der Waals surface area (Å²) in [7, 11) is 0. The fourth-order valence-electron chi connectivity index (χ4n) is 7.01. The van der Waals surface area contributed by atoms with Gasteiger partial charge in [0.1, 0.15) is 30.5 Å². The number of amides is 1. The van der Waals surface area contributed by atoms with E-state index in [1.165, 1.54) is 135 Å². The lowest BCUT2D eigenvalue weighted by Gasteiger charge is -2.40. The van der Waals surface area contributed by atoms with Gasteiger partial charge in [-0.15, -0.1) is 0 Å². The third-order valence-corrected chi connectivity index (χ3v) is 10.6. The van der Waals surface area contributed by atoms with E-state index in [2.05, 4.69) is 12.2 Å². The van der Waals surface area contributed by atoms with E-state index in [4.69, 9.17) is 9.47 Å². The first-order valence-corrected chi connectivity index (χ1v) is 21.3. The highest BCUT2D eigenvalue weighted by Crippen LogP contribution is 2.23. The van der Waals surface area contributed by atoms with Gasteiger partial charge in [0.05, 0.1) is 25.4 Å². The normalized spacial score (nSPS) is 22.5. The molecular weight excluding hydrogens is 650 g/mol. The molecule has 0 aromatic heterocycles. The minimum Gasteiger partial charge on any atom is -0.394 e. The fraction of sp³-hybridized carbons (Fsp3) is 0.976. The predicted molar refractivity (Wildman–Crippen MR) is 204 cm³/mol. The molecule has 1 amide bonds. The Labute approximate surface area is 311 Å². The van der Waals surface area contributed by atoms with Crippen molar-refractivity contribution in [1.82, 2.24) is 5.32 Å². The lowest BCUT2D eigenvalue weighted by atomic mass is 9.99. The molecule has 1 heterocycles. The van der Waals surface area contributed by atoms with Crippen molar-refractivity contribution in [1.29, 1.82) is 0 Å². The monoisotopic (exact) mass is 732 g/mol. The second-order valence-electron chi connectivity index (χ2n) is 15.3. The van der Waals surface area contributed by atoms with Crippen LogP contribution in [0.15, 0.2) is 0 Å². The lowest BCUT2D eigenvalue weighted by Crippen LogP contribution is -2.60. The quantitative estimate of drug-likeness (QED) is 0.0341. The molecule has 0 aromatic carbocycles. The van der Waals surface area contributed by atoms with E-state index in [9.17, 15) is 35.4 Å². The Morgan fingerprint density at radius 1 is 0.608 bits per heavy atom. The molecule has 0 unspecified atom stereocenters. The molecule has 1 fully saturated rings. The smallest absolute Gasteiger partial charge is 0.220 e. The molecule has 7 N–H and O–H groups in total. The summed E-state index contributed by atoms with van der Waals surface area (Å²) in [6.07, 6.45) is 24.1. The van der Waals surface area contributed by atoms with E-state index in [1.807, 2.05) is 6.92 Å². The van der Waals surface area contributed by atoms with Gasteiger partial charge in [0, 0.05) is 6.42 Å². The number of hydrogen-bond donors (Lipinski definition) is 7. The molecule has 0 spiro atoms. The van der Waals surface area contributed by atoms with Crippen LogP contribution >= 0.6 is 0 Å². The second-order valence-corrected chi connectivity index (χ2v) is 15.3. The summed E-state index contributed by atoms with van der Waals surface area (Å²) in [5.74, 6) is -0.266. The summed E-state index contributed by atoms with van der Waals surface area (Å²) in [6, 6.07) is -0.980. The molecule has 1 rings (SSSR count). The molecule has 0 aliphatic carbocycles. The van der Waals surface area contributed by atoms with Gasteiger partial charge in [-0.3, -0.25) is 4.79 Å². The first-order chi connectivity index (χ1) is 24.8. The molecular formula is C41H81NO9. The average Bonchev–Trinajstić information content (AvgIpc) is 3.13. The van der Waals surface area contributed by atoms with Crippen LogP contribution in [0.25, 0.3) is 0 Å². The highest BCUT2D eigenvalue weighted by atomic mass is 16.7. The largest absolute Gasteiger partial charge is 0.394 e. The third kappa shape index (κ3) is 23.5. The Hall–Kier alpha value is -0.850. The Balaban J connectivity index is 2.11. The Morgan fingerprint density at radius 2 is 1.02 bits per heavy atom. The second kappa shape index (κ2) is 32.6. The predicted octanol–water partition coefficient (Wildman–Crippen LogP) is 6.97. The number of aliphatic hydroxyl groups excluding tert-OH is 6. The summed E-state index contributed by atoms with van der Waals surface area (Å²) in [6.45, 7) is 3.35. The lowest BCUT2D eigenvalue weighted by molar-refractivity contribution is -0.303. The summed E-state index contributed by atoms with van der Waals surface area (Å²) < 4.78 is 11.0. The van der Waals surface area contributed by atoms with Gasteiger partial charge in [0.25, 0.3) is 0 Å². The molecule has 0 radical (unpaired) electrons. The standard InChI is InChI=1S/C41H81NO9/c1-3-5-7-8-9-10-11-12-13-14-15-16-17-18-19-20-21-22-23-24-25-26-27-28-30-36(45)42-33(37(46)34(44)29-6-4-2)32-50-41-40(49)39(48)38(47)35(31-43)51-41/h33-35,37-41,43-44,46-49H,3-32H2,1-2H3,(H,42,45)/t33-,34+,35+,37-,38-,39-,40+,41-/m0/s1. The van der Waals surface area contributed by atoms with Crippen LogP contribution in [0.5, 0.6) is 0 Å². The van der Waals surface area contributed by atoms with Crippen molar-refractivity contribution in [3.8, 4) is 0 Å². The minimum atomic E-state index is -1.60. The van der Waals surface area contributed by atoms with Crippen LogP contribution in [0.2, 0.25) is 0 Å². The number of rotatable bonds is 35. The van der Waals surface area contributed by atoms with Crippen LogP contribution in [0, 0.1) is 0 Å². The molecule has 1 aliphatic rings. The van der Waals surface area contributed by atoms with Gasteiger partial charge in [0.15, 0.2) is 6.29 Å². The van der Waals surface area contributed by atoms with Crippen LogP contribution in [0.1, 0.15) is 194 Å². The van der Waals surface area contributed by atoms with Gasteiger partial charge in [-0.1, -0.05) is 174 Å². The summed E-state index contributed by atoms with van der Waals surface area (Å²) >= 11 is 0. The molecule has 304 valence electrons. The molecule has 10 nitrogen and oxygen atoms in total. The van der Waals surface area contributed by atoms with Crippen LogP contribution in [-0.4, -0.2) is 98.7 Å². The maximum atomic E-state index is 12.8. The SMILES string of the molecule is CCCCCCCCCCCCCCCCCCCCCCCCCCC(=O)N[C@@H](CO[C@H]1O[C@H](CO)[C@H](O)[C@H](O)[C@H]1O)[C@H](O)[C@H](O)CCCC. The van der Waals surface area contributed by atoms with Gasteiger partial charge >= 0.3 is 0 Å². The zero-order valence-electron chi connectivity index (χ0n) is 32.7. The highest BCUT2D eigenvalue weighted by molar-refractivity contribution is 5.76. The average molecular weight is 732 g/mol. The van der Waals surface area contributed by atoms with E-state index in [1.54, 1.807) is 0 Å². The van der Waals surface area contributed by atoms with Crippen molar-refractivity contribution in [3.05, 3.63) is 0 Å². The molecule has 0 bridgehead atoms. The van der Waals surface area contributed by atoms with Crippen molar-refractivity contribution >= 4 is 5.91 Å². The highest BCUT2D eigenvalue weighted by Gasteiger charge is 2.44.